The Balaban J connectivity index is 1.74. The lowest BCUT2D eigenvalue weighted by Crippen LogP contribution is -2.03. The fourth-order valence-electron chi connectivity index (χ4n) is 5.49. The number of aryl methyl sites for hydroxylation is 2. The highest BCUT2D eigenvalue weighted by molar-refractivity contribution is 5.99. The lowest BCUT2D eigenvalue weighted by Gasteiger charge is -2.15. The van der Waals surface area contributed by atoms with Crippen molar-refractivity contribution in [1.82, 2.24) is 4.98 Å². The predicted octanol–water partition coefficient (Wildman–Crippen LogP) is 6.57. The van der Waals surface area contributed by atoms with Gasteiger partial charge in [-0.15, -0.1) is 0 Å². The van der Waals surface area contributed by atoms with Crippen molar-refractivity contribution in [3.05, 3.63) is 99.2 Å². The van der Waals surface area contributed by atoms with E-state index in [4.69, 9.17) is 0 Å². The third-order valence-electron chi connectivity index (χ3n) is 7.76. The van der Waals surface area contributed by atoms with E-state index in [0.717, 1.165) is 16.5 Å². The van der Waals surface area contributed by atoms with Gasteiger partial charge in [0, 0.05) is 40.6 Å². The molecule has 0 spiro atoms. The topological polar surface area (TPSA) is 151 Å². The molecule has 8 heteroatoms. The van der Waals surface area contributed by atoms with Crippen molar-refractivity contribution >= 4 is 22.5 Å². The quantitative estimate of drug-likeness (QED) is 0.122. The minimum Gasteiger partial charge on any atom is -0.508 e. The van der Waals surface area contributed by atoms with Gasteiger partial charge in [-0.25, -0.2) is 0 Å². The fraction of sp³-hybridized carbons (Fsp3) is 0.176. The number of Topliss-reactive ketones (excluding diaryl/α,β-unsaturated/α-hetero) is 2. The van der Waals surface area contributed by atoms with Crippen molar-refractivity contribution in [3.8, 4) is 39.9 Å². The van der Waals surface area contributed by atoms with Gasteiger partial charge >= 0.3 is 0 Å². The number of aromatic nitrogens is 1. The number of carbonyl (C=O) groups excluding carboxylic acids is 2. The summed E-state index contributed by atoms with van der Waals surface area (Å²) in [6.45, 7) is 5.97. The summed E-state index contributed by atoms with van der Waals surface area (Å²) in [4.78, 5) is 27.8. The maximum atomic E-state index is 12.2. The molecule has 1 heterocycles. The van der Waals surface area contributed by atoms with Gasteiger partial charge in [0.05, 0.1) is 11.1 Å². The lowest BCUT2D eigenvalue weighted by molar-refractivity contribution is 0.100. The summed E-state index contributed by atoms with van der Waals surface area (Å²) in [5.41, 5.74) is 4.88. The minimum atomic E-state index is -0.351. The maximum Gasteiger partial charge on any atom is 0.163 e. The zero-order chi connectivity index (χ0) is 30.5. The summed E-state index contributed by atoms with van der Waals surface area (Å²) >= 11 is 0. The zero-order valence-corrected chi connectivity index (χ0v) is 23.7. The fourth-order valence-corrected chi connectivity index (χ4v) is 5.49. The van der Waals surface area contributed by atoms with Gasteiger partial charge in [0.1, 0.15) is 28.7 Å². The summed E-state index contributed by atoms with van der Waals surface area (Å²) in [5, 5.41) is 54.6. The Morgan fingerprint density at radius 1 is 0.643 bits per heavy atom. The van der Waals surface area contributed by atoms with Gasteiger partial charge < -0.3 is 30.5 Å². The largest absolute Gasteiger partial charge is 0.508 e. The van der Waals surface area contributed by atoms with Crippen LogP contribution in [0.2, 0.25) is 0 Å². The summed E-state index contributed by atoms with van der Waals surface area (Å²) in [5.74, 6) is -1.51. The third kappa shape index (κ3) is 4.92. The van der Waals surface area contributed by atoms with Crippen LogP contribution in [-0.4, -0.2) is 42.1 Å². The van der Waals surface area contributed by atoms with Crippen molar-refractivity contribution in [2.45, 2.75) is 40.5 Å². The zero-order valence-electron chi connectivity index (χ0n) is 23.7. The number of hydrogen-bond acceptors (Lipinski definition) is 7. The SMILES string of the molecule is CC(=O)c1cc(C)c(O)c(Cc2[nH]c3cc(-c4cccc(O)c4)ccc3c2Cc2c(O)c(C)cc(C(C)=O)c2O)c1O. The van der Waals surface area contributed by atoms with Crippen LogP contribution in [0.15, 0.2) is 54.6 Å². The van der Waals surface area contributed by atoms with E-state index in [0.29, 0.717) is 27.9 Å². The Kier molecular flexibility index (Phi) is 7.16. The van der Waals surface area contributed by atoms with Gasteiger partial charge in [0.25, 0.3) is 0 Å². The molecule has 5 aromatic rings. The number of aromatic hydroxyl groups is 5. The summed E-state index contributed by atoms with van der Waals surface area (Å²) in [6.07, 6.45) is 0.0192. The second-order valence-electron chi connectivity index (χ2n) is 10.7. The van der Waals surface area contributed by atoms with Gasteiger partial charge in [-0.2, -0.15) is 0 Å². The molecule has 0 fully saturated rings. The molecule has 6 N–H and O–H groups in total. The molecule has 0 saturated carbocycles. The Morgan fingerprint density at radius 2 is 1.19 bits per heavy atom. The molecule has 0 bridgehead atoms. The molecule has 0 aliphatic rings. The molecule has 0 amide bonds. The first-order chi connectivity index (χ1) is 19.9. The van der Waals surface area contributed by atoms with Crippen LogP contribution in [0.1, 0.15) is 68.1 Å². The Labute approximate surface area is 242 Å². The highest BCUT2D eigenvalue weighted by Gasteiger charge is 2.24. The van der Waals surface area contributed by atoms with Crippen LogP contribution in [0, 0.1) is 13.8 Å². The van der Waals surface area contributed by atoms with E-state index < -0.39 is 0 Å². The van der Waals surface area contributed by atoms with E-state index in [9.17, 15) is 35.1 Å². The summed E-state index contributed by atoms with van der Waals surface area (Å²) in [6, 6.07) is 15.4. The Hall–Kier alpha value is -5.24. The van der Waals surface area contributed by atoms with Gasteiger partial charge in [0.2, 0.25) is 0 Å². The number of benzene rings is 4. The van der Waals surface area contributed by atoms with E-state index in [1.807, 2.05) is 24.3 Å². The number of H-pyrrole nitrogens is 1. The molecule has 0 saturated heterocycles. The number of fused-ring (bicyclic) bond motifs is 1. The highest BCUT2D eigenvalue weighted by atomic mass is 16.3. The number of carbonyl (C=O) groups is 2. The summed E-state index contributed by atoms with van der Waals surface area (Å²) in [7, 11) is 0. The van der Waals surface area contributed by atoms with E-state index in [1.165, 1.54) is 26.0 Å². The summed E-state index contributed by atoms with van der Waals surface area (Å²) < 4.78 is 0. The number of aromatic amines is 1. The highest BCUT2D eigenvalue weighted by Crippen LogP contribution is 2.41. The van der Waals surface area contributed by atoms with Crippen LogP contribution in [0.25, 0.3) is 22.0 Å². The van der Waals surface area contributed by atoms with Crippen LogP contribution in [0.4, 0.5) is 0 Å². The molecule has 0 radical (unpaired) electrons. The number of phenols is 5. The molecule has 214 valence electrons. The van der Waals surface area contributed by atoms with Crippen molar-refractivity contribution in [2.24, 2.45) is 0 Å². The van der Waals surface area contributed by atoms with E-state index in [2.05, 4.69) is 4.98 Å². The Bertz CT molecular complexity index is 1920. The second kappa shape index (κ2) is 10.6. The molecule has 5 rings (SSSR count). The van der Waals surface area contributed by atoms with Crippen molar-refractivity contribution in [1.29, 1.82) is 0 Å². The first kappa shape index (κ1) is 28.3. The standard InChI is InChI=1S/C34H31NO7/c1-16-10-24(18(3)36)33(41)27(31(16)39)14-26-23-9-8-21(20-6-5-7-22(38)12-20)13-29(23)35-30(26)15-28-32(40)17(2)11-25(19(4)37)34(28)42/h5-13,35,38-42H,14-15H2,1-4H3. The number of rotatable bonds is 7. The molecule has 8 nitrogen and oxygen atoms in total. The Morgan fingerprint density at radius 3 is 1.74 bits per heavy atom. The van der Waals surface area contributed by atoms with Crippen LogP contribution in [0.3, 0.4) is 0 Å². The van der Waals surface area contributed by atoms with Crippen LogP contribution < -0.4 is 0 Å². The number of nitrogens with one attached hydrogen (secondary N) is 1. The first-order valence-corrected chi connectivity index (χ1v) is 13.4. The number of ketones is 2. The van der Waals surface area contributed by atoms with Gasteiger partial charge in [0.15, 0.2) is 11.6 Å². The molecule has 0 aliphatic carbocycles. The molecule has 0 unspecified atom stereocenters. The van der Waals surface area contributed by atoms with Gasteiger partial charge in [-0.05, 0) is 85.8 Å². The van der Waals surface area contributed by atoms with Crippen molar-refractivity contribution in [3.63, 3.8) is 0 Å². The maximum absolute atomic E-state index is 12.2. The molecule has 1 aromatic heterocycles. The van der Waals surface area contributed by atoms with Crippen LogP contribution in [0.5, 0.6) is 28.7 Å². The van der Waals surface area contributed by atoms with Gasteiger partial charge in [-0.3, -0.25) is 9.59 Å². The lowest BCUT2D eigenvalue weighted by atomic mass is 9.92. The second-order valence-corrected chi connectivity index (χ2v) is 10.7. The molecule has 0 atom stereocenters. The van der Waals surface area contributed by atoms with Crippen LogP contribution >= 0.6 is 0 Å². The smallest absolute Gasteiger partial charge is 0.163 e. The average Bonchev–Trinajstić information content (AvgIpc) is 3.28. The van der Waals surface area contributed by atoms with Crippen LogP contribution in [-0.2, 0) is 12.8 Å². The van der Waals surface area contributed by atoms with Gasteiger partial charge in [-0.1, -0.05) is 24.3 Å². The molecular formula is C34H31NO7. The number of hydrogen-bond donors (Lipinski definition) is 6. The normalized spacial score (nSPS) is 11.2. The predicted molar refractivity (Wildman–Crippen MR) is 160 cm³/mol. The molecule has 4 aromatic carbocycles. The molecule has 42 heavy (non-hydrogen) atoms. The van der Waals surface area contributed by atoms with E-state index in [-0.39, 0.29) is 75.4 Å². The van der Waals surface area contributed by atoms with Crippen molar-refractivity contribution < 1.29 is 35.1 Å². The average molecular weight is 566 g/mol. The number of phenolic OH excluding ortho intramolecular Hbond substituents is 5. The molecular weight excluding hydrogens is 534 g/mol. The van der Waals surface area contributed by atoms with E-state index in [1.54, 1.807) is 32.0 Å². The molecule has 0 aliphatic heterocycles. The third-order valence-corrected chi connectivity index (χ3v) is 7.76. The van der Waals surface area contributed by atoms with Crippen molar-refractivity contribution in [2.75, 3.05) is 0 Å². The minimum absolute atomic E-state index is 0.00198. The monoisotopic (exact) mass is 565 g/mol. The van der Waals surface area contributed by atoms with E-state index >= 15 is 0 Å². The first-order valence-electron chi connectivity index (χ1n) is 13.4.